The predicted octanol–water partition coefficient (Wildman–Crippen LogP) is 7.03. The minimum atomic E-state index is -0.564. The van der Waals surface area contributed by atoms with E-state index in [2.05, 4.69) is 13.2 Å². The normalized spacial score (nSPS) is 13.2. The lowest BCUT2D eigenvalue weighted by atomic mass is 10.2. The monoisotopic (exact) mass is 872 g/mol. The number of thioether (sulfide) groups is 2. The van der Waals surface area contributed by atoms with Crippen molar-refractivity contribution in [2.24, 2.45) is 0 Å². The van der Waals surface area contributed by atoms with Crippen molar-refractivity contribution in [2.45, 2.75) is 69.3 Å². The van der Waals surface area contributed by atoms with Crippen LogP contribution in [0.5, 0.6) is 11.5 Å². The molecular weight excluding hydrogens is 825 g/mol. The first-order chi connectivity index (χ1) is 29.3. The molecule has 1 saturated heterocycles. The second-order valence-corrected chi connectivity index (χ2v) is 16.2. The molecule has 0 saturated carbocycles. The van der Waals surface area contributed by atoms with Gasteiger partial charge in [0.25, 0.3) is 11.8 Å². The van der Waals surface area contributed by atoms with Crippen LogP contribution in [0.2, 0.25) is 0 Å². The summed E-state index contributed by atoms with van der Waals surface area (Å²) in [5, 5.41) is 2.95. The lowest BCUT2D eigenvalue weighted by molar-refractivity contribution is -0.150. The smallest absolute Gasteiger partial charge is 0.333 e. The van der Waals surface area contributed by atoms with Crippen LogP contribution in [0.1, 0.15) is 56.2 Å². The van der Waals surface area contributed by atoms with Crippen molar-refractivity contribution in [3.63, 3.8) is 0 Å². The number of esters is 4. The number of ether oxygens (including phenoxy) is 6. The molecule has 0 aromatic heterocycles. The first-order valence-corrected chi connectivity index (χ1v) is 21.2. The van der Waals surface area contributed by atoms with E-state index in [1.807, 2.05) is 67.6 Å². The van der Waals surface area contributed by atoms with Crippen molar-refractivity contribution in [1.82, 2.24) is 10.0 Å². The molecule has 0 unspecified atom stereocenters. The van der Waals surface area contributed by atoms with Gasteiger partial charge in [0.05, 0.1) is 40.3 Å². The summed E-state index contributed by atoms with van der Waals surface area (Å²) >= 11 is 2.48. The van der Waals surface area contributed by atoms with Crippen LogP contribution < -0.4 is 9.47 Å². The van der Waals surface area contributed by atoms with Crippen LogP contribution >= 0.6 is 23.5 Å². The molecule has 1 fully saturated rings. The van der Waals surface area contributed by atoms with Crippen molar-refractivity contribution in [1.29, 1.82) is 0 Å². The highest BCUT2D eigenvalue weighted by Crippen LogP contribution is 2.60. The van der Waals surface area contributed by atoms with Gasteiger partial charge in [0.1, 0.15) is 43.5 Å². The maximum atomic E-state index is 14.3. The fourth-order valence-corrected chi connectivity index (χ4v) is 8.59. The Morgan fingerprint density at radius 1 is 0.607 bits per heavy atom. The molecule has 2 amide bonds. The van der Waals surface area contributed by atoms with Crippen molar-refractivity contribution < 1.29 is 57.2 Å². The summed E-state index contributed by atoms with van der Waals surface area (Å²) in [7, 11) is 0. The fraction of sp³-hybridized carbons (Fsp3) is 0.333. The van der Waals surface area contributed by atoms with Gasteiger partial charge in [0.15, 0.2) is 0 Å². The topological polar surface area (TPSA) is 164 Å². The summed E-state index contributed by atoms with van der Waals surface area (Å²) in [6, 6.07) is 20.7. The lowest BCUT2D eigenvalue weighted by Gasteiger charge is -2.27. The fourth-order valence-electron chi connectivity index (χ4n) is 5.84. The number of rotatable bonds is 22. The van der Waals surface area contributed by atoms with E-state index in [0.717, 1.165) is 11.1 Å². The van der Waals surface area contributed by atoms with Gasteiger partial charge in [-0.2, -0.15) is 0 Å². The van der Waals surface area contributed by atoms with Crippen molar-refractivity contribution in [3.8, 4) is 11.5 Å². The molecule has 0 atom stereocenters. The highest BCUT2D eigenvalue weighted by molar-refractivity contribution is 8.25. The molecule has 2 aliphatic heterocycles. The number of aryl methyl sites for hydroxylation is 1. The summed E-state index contributed by atoms with van der Waals surface area (Å²) in [5.41, 5.74) is 2.94. The Morgan fingerprint density at radius 2 is 1.05 bits per heavy atom. The van der Waals surface area contributed by atoms with Crippen molar-refractivity contribution >= 4 is 59.2 Å². The van der Waals surface area contributed by atoms with E-state index in [1.54, 1.807) is 6.07 Å². The van der Waals surface area contributed by atoms with Gasteiger partial charge in [0, 0.05) is 24.0 Å². The maximum Gasteiger partial charge on any atom is 0.333 e. The van der Waals surface area contributed by atoms with Crippen LogP contribution in [0.4, 0.5) is 0 Å². The summed E-state index contributed by atoms with van der Waals surface area (Å²) in [4.78, 5) is 77.8. The number of hydrazine groups is 1. The molecule has 3 aromatic carbocycles. The number of amides is 2. The first kappa shape index (κ1) is 46.1. The molecule has 322 valence electrons. The standard InChI is InChI=1S/C45H48N2O12S2/c1-29(2)43(52)58-24-22-55-35(48)18-12-20-54-34-26-31(5)38(57-21-13-19-36(49)56-23-25-59-44(53)30(3)4)40-39(34)60-45(61-40)37-41(50)46(27-32-14-8-6-9-15-32)47(42(37)51)28-33-16-10-7-11-17-33/h6-11,14-17,26H,1,3,12-13,18-25,27-28H2,2,4-5H3. The molecule has 3 aromatic rings. The maximum absolute atomic E-state index is 14.3. The van der Waals surface area contributed by atoms with E-state index in [4.69, 9.17) is 28.4 Å². The predicted molar refractivity (Wildman–Crippen MR) is 227 cm³/mol. The highest BCUT2D eigenvalue weighted by Gasteiger charge is 2.45. The number of hydrogen-bond donors (Lipinski definition) is 0. The molecule has 0 radical (unpaired) electrons. The quantitative estimate of drug-likeness (QED) is 0.0332. The highest BCUT2D eigenvalue weighted by atomic mass is 32.2. The molecular formula is C45H48N2O12S2. The van der Waals surface area contributed by atoms with Gasteiger partial charge in [-0.1, -0.05) is 97.3 Å². The van der Waals surface area contributed by atoms with Gasteiger partial charge >= 0.3 is 23.9 Å². The number of hydrogen-bond acceptors (Lipinski definition) is 14. The van der Waals surface area contributed by atoms with E-state index in [1.165, 1.54) is 47.4 Å². The van der Waals surface area contributed by atoms with Crippen LogP contribution in [-0.2, 0) is 60.8 Å². The third-order valence-corrected chi connectivity index (χ3v) is 11.5. The van der Waals surface area contributed by atoms with Crippen molar-refractivity contribution in [3.05, 3.63) is 118 Å². The second kappa shape index (κ2) is 22.6. The van der Waals surface area contributed by atoms with Gasteiger partial charge in [-0.25, -0.2) is 19.6 Å². The minimum Gasteiger partial charge on any atom is -0.492 e. The van der Waals surface area contributed by atoms with E-state index in [-0.39, 0.29) is 82.3 Å². The number of benzene rings is 3. The number of carbonyl (C=O) groups excluding carboxylic acids is 6. The second-order valence-electron chi connectivity index (χ2n) is 13.9. The third kappa shape index (κ3) is 13.0. The summed E-state index contributed by atoms with van der Waals surface area (Å²) < 4.78 is 33.2. The Bertz CT molecular complexity index is 2110. The van der Waals surface area contributed by atoms with Crippen LogP contribution in [0.15, 0.2) is 111 Å². The molecule has 2 aliphatic rings. The SMILES string of the molecule is C=C(C)C(=O)OCCOC(=O)CCCOc1cc(C)c(OCCCC(=O)OCCOC(=O)C(=C)C)c2c1SC(=C1C(=O)N(Cc3ccccc3)N(Cc3ccccc3)C1=O)S2. The molecule has 2 heterocycles. The number of carbonyl (C=O) groups is 6. The molecule has 61 heavy (non-hydrogen) atoms. The van der Waals surface area contributed by atoms with Gasteiger partial charge < -0.3 is 28.4 Å². The minimum absolute atomic E-state index is 0.0287. The van der Waals surface area contributed by atoms with Crippen LogP contribution in [0, 0.1) is 6.92 Å². The average molecular weight is 873 g/mol. The van der Waals surface area contributed by atoms with Gasteiger partial charge in [0.2, 0.25) is 0 Å². The molecule has 5 rings (SSSR count). The van der Waals surface area contributed by atoms with E-state index in [9.17, 15) is 28.8 Å². The third-order valence-electron chi connectivity index (χ3n) is 8.88. The zero-order chi connectivity index (χ0) is 43.9. The molecule has 0 bridgehead atoms. The molecule has 14 nitrogen and oxygen atoms in total. The Kier molecular flexibility index (Phi) is 17.0. The van der Waals surface area contributed by atoms with Crippen LogP contribution in [0.3, 0.4) is 0 Å². The molecule has 16 heteroatoms. The lowest BCUT2D eigenvalue weighted by Crippen LogP contribution is -2.39. The number of nitrogens with zero attached hydrogens (tertiary/aromatic N) is 2. The number of fused-ring (bicyclic) bond motifs is 1. The summed E-state index contributed by atoms with van der Waals surface area (Å²) in [6.07, 6.45) is 0.727. The van der Waals surface area contributed by atoms with Gasteiger partial charge in [-0.15, -0.1) is 0 Å². The van der Waals surface area contributed by atoms with E-state index < -0.39 is 35.7 Å². The Labute approximate surface area is 363 Å². The zero-order valence-corrected chi connectivity index (χ0v) is 36.0. The Hall–Kier alpha value is -6.00. The molecule has 0 N–H and O–H groups in total. The summed E-state index contributed by atoms with van der Waals surface area (Å²) in [6.45, 7) is 12.2. The van der Waals surface area contributed by atoms with Crippen molar-refractivity contribution in [2.75, 3.05) is 39.6 Å². The average Bonchev–Trinajstić information content (AvgIpc) is 3.77. The van der Waals surface area contributed by atoms with Gasteiger partial charge in [-0.05, 0) is 56.4 Å². The molecule has 0 aliphatic carbocycles. The zero-order valence-electron chi connectivity index (χ0n) is 34.4. The Balaban J connectivity index is 1.32. The first-order valence-electron chi connectivity index (χ1n) is 19.5. The van der Waals surface area contributed by atoms with Crippen LogP contribution in [-0.4, -0.2) is 85.4 Å². The summed E-state index contributed by atoms with van der Waals surface area (Å²) in [5.74, 6) is -1.98. The Morgan fingerprint density at radius 3 is 1.52 bits per heavy atom. The van der Waals surface area contributed by atoms with E-state index >= 15 is 0 Å². The van der Waals surface area contributed by atoms with E-state index in [0.29, 0.717) is 43.9 Å². The van der Waals surface area contributed by atoms with Gasteiger partial charge in [-0.3, -0.25) is 19.2 Å². The largest absolute Gasteiger partial charge is 0.492 e. The molecule has 0 spiro atoms. The van der Waals surface area contributed by atoms with Crippen LogP contribution in [0.25, 0.3) is 0 Å².